The normalized spacial score (nSPS) is 11.9. The Morgan fingerprint density at radius 3 is 2.60 bits per heavy atom. The standard InChI is InChI=1S/C34H25N7O2/c1-21-29(32-35-18-9-19-40(32)39-21)33(42)37-22(2)31-38-28-15-8-10-23(16-17-24-20-36-27-14-7-6-13-26(24)27)30(28)34(43)41(31)25-11-4-3-5-12-25/h3-15,18-20,22,36H,1-2H3,(H,37,42)/t22-/m0/s1. The third kappa shape index (κ3) is 4.51. The highest BCUT2D eigenvalue weighted by molar-refractivity contribution is 6.01. The minimum Gasteiger partial charge on any atom is -0.360 e. The fourth-order valence-corrected chi connectivity index (χ4v) is 5.37. The minimum atomic E-state index is -0.635. The molecule has 9 nitrogen and oxygen atoms in total. The van der Waals surface area contributed by atoms with Gasteiger partial charge in [0.25, 0.3) is 11.5 Å². The Balaban J connectivity index is 1.35. The van der Waals surface area contributed by atoms with Crippen LogP contribution >= 0.6 is 0 Å². The number of aromatic nitrogens is 6. The molecule has 1 amide bonds. The Bertz CT molecular complexity index is 2300. The molecule has 9 heteroatoms. The highest BCUT2D eigenvalue weighted by Gasteiger charge is 2.24. The summed E-state index contributed by atoms with van der Waals surface area (Å²) in [7, 11) is 0. The van der Waals surface area contributed by atoms with Gasteiger partial charge in [0.05, 0.1) is 33.9 Å². The van der Waals surface area contributed by atoms with Crippen LogP contribution in [0.3, 0.4) is 0 Å². The molecule has 2 N–H and O–H groups in total. The zero-order chi connectivity index (χ0) is 29.5. The van der Waals surface area contributed by atoms with Gasteiger partial charge in [-0.3, -0.25) is 14.2 Å². The van der Waals surface area contributed by atoms with Crippen LogP contribution in [0.4, 0.5) is 0 Å². The number of aromatic amines is 1. The molecule has 7 aromatic rings. The van der Waals surface area contributed by atoms with Crippen LogP contribution in [-0.4, -0.2) is 35.0 Å². The van der Waals surface area contributed by atoms with Gasteiger partial charge in [-0.25, -0.2) is 14.5 Å². The van der Waals surface area contributed by atoms with Crippen molar-refractivity contribution in [2.24, 2.45) is 0 Å². The van der Waals surface area contributed by atoms with Crippen LogP contribution in [-0.2, 0) is 0 Å². The van der Waals surface area contributed by atoms with Crippen LogP contribution in [0.5, 0.6) is 0 Å². The molecule has 0 saturated heterocycles. The fourth-order valence-electron chi connectivity index (χ4n) is 5.37. The van der Waals surface area contributed by atoms with Gasteiger partial charge in [0.1, 0.15) is 11.4 Å². The van der Waals surface area contributed by atoms with Crippen molar-refractivity contribution in [1.82, 2.24) is 34.4 Å². The molecular weight excluding hydrogens is 538 g/mol. The maximum atomic E-state index is 14.3. The van der Waals surface area contributed by atoms with Crippen molar-refractivity contribution in [3.8, 4) is 17.5 Å². The molecule has 0 saturated carbocycles. The van der Waals surface area contributed by atoms with Crippen molar-refractivity contribution >= 4 is 33.4 Å². The lowest BCUT2D eigenvalue weighted by molar-refractivity contribution is 0.0938. The Labute approximate surface area is 245 Å². The lowest BCUT2D eigenvalue weighted by Crippen LogP contribution is -2.33. The molecule has 0 unspecified atom stereocenters. The van der Waals surface area contributed by atoms with Gasteiger partial charge in [-0.1, -0.05) is 54.3 Å². The van der Waals surface area contributed by atoms with E-state index in [1.54, 1.807) is 47.5 Å². The molecule has 0 fully saturated rings. The van der Waals surface area contributed by atoms with Crippen molar-refractivity contribution in [2.45, 2.75) is 19.9 Å². The predicted molar refractivity (Wildman–Crippen MR) is 165 cm³/mol. The number of hydrogen-bond donors (Lipinski definition) is 2. The Morgan fingerprint density at radius 2 is 1.74 bits per heavy atom. The summed E-state index contributed by atoms with van der Waals surface area (Å²) in [5.41, 5.74) is 4.63. The summed E-state index contributed by atoms with van der Waals surface area (Å²) in [4.78, 5) is 40.3. The zero-order valence-electron chi connectivity index (χ0n) is 23.4. The van der Waals surface area contributed by atoms with E-state index in [1.165, 1.54) is 0 Å². The molecule has 0 aliphatic carbocycles. The second-order valence-electron chi connectivity index (χ2n) is 10.2. The van der Waals surface area contributed by atoms with E-state index in [9.17, 15) is 9.59 Å². The summed E-state index contributed by atoms with van der Waals surface area (Å²) in [5, 5.41) is 8.85. The number of nitrogens with one attached hydrogen (secondary N) is 2. The number of H-pyrrole nitrogens is 1. The average Bonchev–Trinajstić information content (AvgIpc) is 3.60. The molecule has 3 aromatic carbocycles. The molecule has 1 atom stereocenters. The maximum Gasteiger partial charge on any atom is 0.267 e. The van der Waals surface area contributed by atoms with Crippen molar-refractivity contribution in [3.05, 3.63) is 136 Å². The topological polar surface area (TPSA) is 110 Å². The number of carbonyl (C=O) groups excluding carboxylic acids is 1. The average molecular weight is 564 g/mol. The molecule has 208 valence electrons. The van der Waals surface area contributed by atoms with Gasteiger partial charge >= 0.3 is 0 Å². The number of benzene rings is 3. The van der Waals surface area contributed by atoms with Crippen LogP contribution in [0.15, 0.2) is 102 Å². The van der Waals surface area contributed by atoms with E-state index in [-0.39, 0.29) is 11.5 Å². The summed E-state index contributed by atoms with van der Waals surface area (Å²) in [5.74, 6) is 6.48. The van der Waals surface area contributed by atoms with Gasteiger partial charge in [0.2, 0.25) is 0 Å². The smallest absolute Gasteiger partial charge is 0.267 e. The zero-order valence-corrected chi connectivity index (χ0v) is 23.4. The van der Waals surface area contributed by atoms with E-state index >= 15 is 0 Å². The number of rotatable bonds is 4. The molecule has 0 aliphatic rings. The molecule has 4 heterocycles. The first kappa shape index (κ1) is 25.9. The molecule has 0 bridgehead atoms. The van der Waals surface area contributed by atoms with Crippen LogP contribution < -0.4 is 10.9 Å². The van der Waals surface area contributed by atoms with Crippen molar-refractivity contribution in [2.75, 3.05) is 0 Å². The number of aryl methyl sites for hydroxylation is 1. The number of para-hydroxylation sites is 2. The van der Waals surface area contributed by atoms with Crippen LogP contribution in [0, 0.1) is 18.8 Å². The maximum absolute atomic E-state index is 14.3. The fraction of sp³-hybridized carbons (Fsp3) is 0.0882. The van der Waals surface area contributed by atoms with Crippen molar-refractivity contribution in [1.29, 1.82) is 0 Å². The molecule has 0 radical (unpaired) electrons. The largest absolute Gasteiger partial charge is 0.360 e. The first-order chi connectivity index (χ1) is 21.0. The number of nitrogens with zero attached hydrogens (tertiary/aromatic N) is 5. The lowest BCUT2D eigenvalue weighted by Gasteiger charge is -2.20. The van der Waals surface area contributed by atoms with E-state index in [1.807, 2.05) is 72.9 Å². The van der Waals surface area contributed by atoms with Crippen LogP contribution in [0.1, 0.15) is 46.0 Å². The second kappa shape index (κ2) is 10.4. The monoisotopic (exact) mass is 563 g/mol. The van der Waals surface area contributed by atoms with E-state index in [2.05, 4.69) is 32.2 Å². The second-order valence-corrected chi connectivity index (χ2v) is 10.2. The molecule has 43 heavy (non-hydrogen) atoms. The Morgan fingerprint density at radius 1 is 0.953 bits per heavy atom. The van der Waals surface area contributed by atoms with Crippen molar-refractivity contribution in [3.63, 3.8) is 0 Å². The molecule has 7 rings (SSSR count). The van der Waals surface area contributed by atoms with Gasteiger partial charge in [0, 0.05) is 35.1 Å². The SMILES string of the molecule is Cc1nn2cccnc2c1C(=O)N[C@@H](C)c1nc2cccc(C#Cc3c[nH]c4ccccc34)c2c(=O)n1-c1ccccc1. The Kier molecular flexibility index (Phi) is 6.29. The summed E-state index contributed by atoms with van der Waals surface area (Å²) in [6.45, 7) is 3.57. The summed E-state index contributed by atoms with van der Waals surface area (Å²) in [6.07, 6.45) is 5.23. The molecule has 4 aromatic heterocycles. The van der Waals surface area contributed by atoms with Crippen LogP contribution in [0.2, 0.25) is 0 Å². The third-order valence-electron chi connectivity index (χ3n) is 7.39. The predicted octanol–water partition coefficient (Wildman–Crippen LogP) is 5.11. The quantitative estimate of drug-likeness (QED) is 0.289. The van der Waals surface area contributed by atoms with Crippen LogP contribution in [0.25, 0.3) is 33.1 Å². The number of fused-ring (bicyclic) bond motifs is 3. The summed E-state index contributed by atoms with van der Waals surface area (Å²) < 4.78 is 3.12. The highest BCUT2D eigenvalue weighted by atomic mass is 16.2. The lowest BCUT2D eigenvalue weighted by atomic mass is 10.1. The van der Waals surface area contributed by atoms with E-state index < -0.39 is 6.04 Å². The van der Waals surface area contributed by atoms with Gasteiger partial charge in [-0.05, 0) is 50.2 Å². The van der Waals surface area contributed by atoms with Gasteiger partial charge in [-0.15, -0.1) is 0 Å². The first-order valence-corrected chi connectivity index (χ1v) is 13.8. The summed E-state index contributed by atoms with van der Waals surface area (Å²) in [6, 6.07) is 23.8. The molecule has 0 aliphatic heterocycles. The molecule has 0 spiro atoms. The van der Waals surface area contributed by atoms with E-state index in [0.717, 1.165) is 16.5 Å². The van der Waals surface area contributed by atoms with Gasteiger partial charge in [-0.2, -0.15) is 5.10 Å². The third-order valence-corrected chi connectivity index (χ3v) is 7.39. The highest BCUT2D eigenvalue weighted by Crippen LogP contribution is 2.22. The number of hydrogen-bond acceptors (Lipinski definition) is 5. The van der Waals surface area contributed by atoms with Crippen molar-refractivity contribution < 1.29 is 4.79 Å². The minimum absolute atomic E-state index is 0.273. The molecular formula is C34H25N7O2. The number of carbonyl (C=O) groups is 1. The van der Waals surface area contributed by atoms with E-state index in [4.69, 9.17) is 4.98 Å². The Hall–Kier alpha value is -6.01. The van der Waals surface area contributed by atoms with E-state index in [0.29, 0.717) is 44.9 Å². The van der Waals surface area contributed by atoms with Gasteiger partial charge in [0.15, 0.2) is 5.65 Å². The first-order valence-electron chi connectivity index (χ1n) is 13.8. The van der Waals surface area contributed by atoms with Gasteiger partial charge < -0.3 is 10.3 Å². The summed E-state index contributed by atoms with van der Waals surface area (Å²) >= 11 is 0. The number of amides is 1.